The first-order chi connectivity index (χ1) is 8.65. The molecular formula is C14H27NO3. The Morgan fingerprint density at radius 3 is 2.61 bits per heavy atom. The molecular weight excluding hydrogens is 230 g/mol. The van der Waals surface area contributed by atoms with E-state index in [1.807, 2.05) is 18.7 Å². The largest absolute Gasteiger partial charge is 0.465 e. The number of ether oxygens (including phenoxy) is 1. The summed E-state index contributed by atoms with van der Waals surface area (Å²) in [7, 11) is 0. The van der Waals surface area contributed by atoms with E-state index in [4.69, 9.17) is 4.74 Å². The van der Waals surface area contributed by atoms with Gasteiger partial charge in [0.15, 0.2) is 0 Å². The summed E-state index contributed by atoms with van der Waals surface area (Å²) < 4.78 is 4.93. The Balaban J connectivity index is 2.25. The second kappa shape index (κ2) is 8.48. The Morgan fingerprint density at radius 2 is 2.06 bits per heavy atom. The number of rotatable bonds is 8. The molecule has 4 heteroatoms. The van der Waals surface area contributed by atoms with E-state index in [2.05, 4.69) is 0 Å². The summed E-state index contributed by atoms with van der Waals surface area (Å²) in [5.74, 6) is 0.480. The molecule has 1 aliphatic rings. The molecule has 1 saturated carbocycles. The molecule has 1 aliphatic carbocycles. The highest BCUT2D eigenvalue weighted by molar-refractivity contribution is 5.71. The topological polar surface area (TPSA) is 49.8 Å². The molecule has 1 fully saturated rings. The summed E-state index contributed by atoms with van der Waals surface area (Å²) in [5, 5.41) is 10.1. The van der Waals surface area contributed by atoms with Crippen LogP contribution in [0.1, 0.15) is 46.0 Å². The number of aliphatic hydroxyl groups excluding tert-OH is 1. The average Bonchev–Trinajstić information content (AvgIpc) is 2.81. The van der Waals surface area contributed by atoms with Gasteiger partial charge in [-0.15, -0.1) is 0 Å². The Kier molecular flexibility index (Phi) is 7.28. The Hall–Kier alpha value is -0.610. The maximum atomic E-state index is 11.4. The van der Waals surface area contributed by atoms with Crippen LogP contribution in [0.15, 0.2) is 0 Å². The van der Waals surface area contributed by atoms with E-state index in [1.165, 1.54) is 25.7 Å². The predicted octanol–water partition coefficient (Wildman–Crippen LogP) is 1.81. The molecule has 1 rings (SSSR count). The van der Waals surface area contributed by atoms with Gasteiger partial charge in [-0.25, -0.2) is 0 Å². The van der Waals surface area contributed by atoms with Gasteiger partial charge in [-0.2, -0.15) is 0 Å². The van der Waals surface area contributed by atoms with E-state index >= 15 is 0 Å². The molecule has 18 heavy (non-hydrogen) atoms. The SMILES string of the molecule is CCOC(=O)CN(CC)CC(O)CC1CCCC1. The second-order valence-corrected chi connectivity index (χ2v) is 5.17. The van der Waals surface area contributed by atoms with Gasteiger partial charge in [0.1, 0.15) is 0 Å². The van der Waals surface area contributed by atoms with Crippen LogP contribution < -0.4 is 0 Å². The minimum absolute atomic E-state index is 0.201. The first-order valence-electron chi connectivity index (χ1n) is 7.21. The van der Waals surface area contributed by atoms with Gasteiger partial charge in [-0.05, 0) is 25.8 Å². The van der Waals surface area contributed by atoms with Crippen molar-refractivity contribution < 1.29 is 14.6 Å². The number of hydrogen-bond acceptors (Lipinski definition) is 4. The Bertz CT molecular complexity index is 239. The molecule has 0 amide bonds. The van der Waals surface area contributed by atoms with E-state index in [-0.39, 0.29) is 18.6 Å². The molecule has 1 N–H and O–H groups in total. The first kappa shape index (κ1) is 15.4. The van der Waals surface area contributed by atoms with Crippen LogP contribution in [0.25, 0.3) is 0 Å². The summed E-state index contributed by atoms with van der Waals surface area (Å²) in [6.07, 6.45) is 5.67. The zero-order valence-electron chi connectivity index (χ0n) is 11.7. The predicted molar refractivity (Wildman–Crippen MR) is 71.3 cm³/mol. The van der Waals surface area contributed by atoms with Crippen LogP contribution in [-0.4, -0.2) is 48.3 Å². The number of nitrogens with zero attached hydrogens (tertiary/aromatic N) is 1. The van der Waals surface area contributed by atoms with Crippen molar-refractivity contribution in [2.75, 3.05) is 26.2 Å². The van der Waals surface area contributed by atoms with Gasteiger partial charge in [0.25, 0.3) is 0 Å². The molecule has 0 spiro atoms. The Morgan fingerprint density at radius 1 is 1.39 bits per heavy atom. The van der Waals surface area contributed by atoms with Crippen molar-refractivity contribution >= 4 is 5.97 Å². The number of esters is 1. The van der Waals surface area contributed by atoms with Gasteiger partial charge >= 0.3 is 5.97 Å². The molecule has 0 aromatic heterocycles. The van der Waals surface area contributed by atoms with E-state index in [1.54, 1.807) is 0 Å². The smallest absolute Gasteiger partial charge is 0.320 e. The molecule has 1 unspecified atom stereocenters. The molecule has 1 atom stereocenters. The van der Waals surface area contributed by atoms with Crippen molar-refractivity contribution in [3.05, 3.63) is 0 Å². The van der Waals surface area contributed by atoms with Crippen LogP contribution in [0.4, 0.5) is 0 Å². The van der Waals surface area contributed by atoms with E-state index in [9.17, 15) is 9.90 Å². The van der Waals surface area contributed by atoms with Gasteiger partial charge in [0, 0.05) is 6.54 Å². The summed E-state index contributed by atoms with van der Waals surface area (Å²) >= 11 is 0. The van der Waals surface area contributed by atoms with E-state index < -0.39 is 0 Å². The summed E-state index contributed by atoms with van der Waals surface area (Å²) in [5.41, 5.74) is 0. The van der Waals surface area contributed by atoms with Crippen LogP contribution >= 0.6 is 0 Å². The fourth-order valence-corrected chi connectivity index (χ4v) is 2.70. The van der Waals surface area contributed by atoms with Crippen molar-refractivity contribution in [2.24, 2.45) is 5.92 Å². The normalized spacial score (nSPS) is 18.2. The fourth-order valence-electron chi connectivity index (χ4n) is 2.70. The van der Waals surface area contributed by atoms with Crippen LogP contribution in [0.5, 0.6) is 0 Å². The minimum atomic E-state index is -0.317. The van der Waals surface area contributed by atoms with Crippen LogP contribution in [0.2, 0.25) is 0 Å². The van der Waals surface area contributed by atoms with E-state index in [0.29, 0.717) is 19.1 Å². The molecule has 106 valence electrons. The molecule has 4 nitrogen and oxygen atoms in total. The highest BCUT2D eigenvalue weighted by atomic mass is 16.5. The number of likely N-dealkylation sites (N-methyl/N-ethyl adjacent to an activating group) is 1. The van der Waals surface area contributed by atoms with Crippen molar-refractivity contribution in [3.63, 3.8) is 0 Å². The third-order valence-corrected chi connectivity index (χ3v) is 3.65. The zero-order valence-corrected chi connectivity index (χ0v) is 11.7. The lowest BCUT2D eigenvalue weighted by Gasteiger charge is -2.24. The quantitative estimate of drug-likeness (QED) is 0.674. The van der Waals surface area contributed by atoms with Crippen LogP contribution in [0.3, 0.4) is 0 Å². The molecule has 0 aromatic carbocycles. The average molecular weight is 257 g/mol. The van der Waals surface area contributed by atoms with Gasteiger partial charge in [-0.3, -0.25) is 9.69 Å². The van der Waals surface area contributed by atoms with E-state index in [0.717, 1.165) is 13.0 Å². The molecule has 0 heterocycles. The number of carbonyl (C=O) groups is 1. The number of carbonyl (C=O) groups excluding carboxylic acids is 1. The standard InChI is InChI=1S/C14H27NO3/c1-3-15(11-14(17)18-4-2)10-13(16)9-12-7-5-6-8-12/h12-13,16H,3-11H2,1-2H3. The first-order valence-corrected chi connectivity index (χ1v) is 7.21. The fraction of sp³-hybridized carbons (Fsp3) is 0.929. The lowest BCUT2D eigenvalue weighted by molar-refractivity contribution is -0.144. The Labute approximate surface area is 110 Å². The number of hydrogen-bond donors (Lipinski definition) is 1. The molecule has 0 aliphatic heterocycles. The molecule has 0 radical (unpaired) electrons. The van der Waals surface area contributed by atoms with Gasteiger partial charge < -0.3 is 9.84 Å². The second-order valence-electron chi connectivity index (χ2n) is 5.17. The van der Waals surface area contributed by atoms with Gasteiger partial charge in [0.2, 0.25) is 0 Å². The summed E-state index contributed by atoms with van der Waals surface area (Å²) in [4.78, 5) is 13.3. The van der Waals surface area contributed by atoms with Gasteiger partial charge in [-0.1, -0.05) is 32.6 Å². The van der Waals surface area contributed by atoms with Crippen LogP contribution in [0, 0.1) is 5.92 Å². The molecule has 0 bridgehead atoms. The highest BCUT2D eigenvalue weighted by Crippen LogP contribution is 2.28. The molecule has 0 aromatic rings. The van der Waals surface area contributed by atoms with Crippen molar-refractivity contribution in [2.45, 2.75) is 52.1 Å². The van der Waals surface area contributed by atoms with Crippen LogP contribution in [-0.2, 0) is 9.53 Å². The maximum absolute atomic E-state index is 11.4. The third-order valence-electron chi connectivity index (χ3n) is 3.65. The third kappa shape index (κ3) is 5.83. The minimum Gasteiger partial charge on any atom is -0.465 e. The summed E-state index contributed by atoms with van der Waals surface area (Å²) in [6, 6.07) is 0. The van der Waals surface area contributed by atoms with Crippen molar-refractivity contribution in [1.82, 2.24) is 4.90 Å². The summed E-state index contributed by atoms with van der Waals surface area (Å²) in [6.45, 7) is 5.85. The zero-order chi connectivity index (χ0) is 13.4. The van der Waals surface area contributed by atoms with Crippen molar-refractivity contribution in [1.29, 1.82) is 0 Å². The lowest BCUT2D eigenvalue weighted by Crippen LogP contribution is -2.37. The monoisotopic (exact) mass is 257 g/mol. The number of aliphatic hydroxyl groups is 1. The maximum Gasteiger partial charge on any atom is 0.320 e. The molecule has 0 saturated heterocycles. The highest BCUT2D eigenvalue weighted by Gasteiger charge is 2.21. The lowest BCUT2D eigenvalue weighted by atomic mass is 10.00. The van der Waals surface area contributed by atoms with Gasteiger partial charge in [0.05, 0.1) is 19.3 Å². The van der Waals surface area contributed by atoms with Crippen molar-refractivity contribution in [3.8, 4) is 0 Å².